The minimum atomic E-state index is -3.88. The summed E-state index contributed by atoms with van der Waals surface area (Å²) in [6.07, 6.45) is 2.93. The fourth-order valence-electron chi connectivity index (χ4n) is 2.94. The largest absolute Gasteiger partial charge is 0.349 e. The van der Waals surface area contributed by atoms with Crippen LogP contribution in [-0.2, 0) is 10.0 Å². The van der Waals surface area contributed by atoms with Crippen molar-refractivity contribution in [3.8, 4) is 0 Å². The molecule has 9 heteroatoms. The van der Waals surface area contributed by atoms with E-state index in [0.29, 0.717) is 22.1 Å². The third-order valence-electron chi connectivity index (χ3n) is 4.15. The average molecular weight is 427 g/mol. The summed E-state index contributed by atoms with van der Waals surface area (Å²) in [6.45, 7) is 2.11. The van der Waals surface area contributed by atoms with Gasteiger partial charge in [-0.05, 0) is 49.9 Å². The highest BCUT2D eigenvalue weighted by Gasteiger charge is 2.28. The standard InChI is InChI=1S/C14H20BrN3O3S.ClH/c1-8-11(5-10(15)6-13(8)22(17,20)21)14(19)18-12-4-2-3-9(12)7-16;/h5-6,9,12H,2-4,7,16H2,1H3,(H,18,19)(H2,17,20,21);1H. The molecule has 2 atom stereocenters. The summed E-state index contributed by atoms with van der Waals surface area (Å²) in [5.74, 6) is -0.0248. The highest BCUT2D eigenvalue weighted by Crippen LogP contribution is 2.27. The van der Waals surface area contributed by atoms with Crippen LogP contribution in [0.5, 0.6) is 0 Å². The summed E-state index contributed by atoms with van der Waals surface area (Å²) in [6, 6.07) is 3.04. The molecule has 0 heterocycles. The van der Waals surface area contributed by atoms with E-state index in [1.54, 1.807) is 13.0 Å². The van der Waals surface area contributed by atoms with Gasteiger partial charge in [0.1, 0.15) is 0 Å². The maximum Gasteiger partial charge on any atom is 0.251 e. The molecule has 0 aromatic heterocycles. The second kappa shape index (κ2) is 7.94. The number of nitrogens with two attached hydrogens (primary N) is 2. The number of halogens is 2. The monoisotopic (exact) mass is 425 g/mol. The molecule has 1 saturated carbocycles. The highest BCUT2D eigenvalue weighted by atomic mass is 79.9. The Bertz CT molecular complexity index is 697. The molecule has 2 unspecified atom stereocenters. The van der Waals surface area contributed by atoms with Crippen molar-refractivity contribution in [2.24, 2.45) is 16.8 Å². The topological polar surface area (TPSA) is 115 Å². The van der Waals surface area contributed by atoms with Crippen LogP contribution in [0.3, 0.4) is 0 Å². The Morgan fingerprint density at radius 2 is 2.04 bits per heavy atom. The van der Waals surface area contributed by atoms with E-state index in [9.17, 15) is 13.2 Å². The molecule has 130 valence electrons. The first kappa shape index (κ1) is 20.4. The van der Waals surface area contributed by atoms with Crippen LogP contribution in [0.15, 0.2) is 21.5 Å². The van der Waals surface area contributed by atoms with Crippen molar-refractivity contribution in [1.82, 2.24) is 5.32 Å². The molecule has 0 saturated heterocycles. The minimum Gasteiger partial charge on any atom is -0.349 e. The molecular weight excluding hydrogens is 406 g/mol. The average Bonchev–Trinajstić information content (AvgIpc) is 2.86. The lowest BCUT2D eigenvalue weighted by molar-refractivity contribution is 0.0928. The van der Waals surface area contributed by atoms with Gasteiger partial charge in [0.05, 0.1) is 4.90 Å². The smallest absolute Gasteiger partial charge is 0.251 e. The number of primary sulfonamides is 1. The Kier molecular flexibility index (Phi) is 7.03. The maximum atomic E-state index is 12.5. The van der Waals surface area contributed by atoms with E-state index < -0.39 is 10.0 Å². The molecular formula is C14H21BrClN3O3S. The van der Waals surface area contributed by atoms with E-state index in [1.807, 2.05) is 0 Å². The normalized spacial score (nSPS) is 20.9. The number of rotatable bonds is 4. The zero-order chi connectivity index (χ0) is 16.5. The second-order valence-electron chi connectivity index (χ2n) is 5.63. The van der Waals surface area contributed by atoms with Gasteiger partial charge in [-0.25, -0.2) is 13.6 Å². The Morgan fingerprint density at radius 1 is 1.39 bits per heavy atom. The van der Waals surface area contributed by atoms with Gasteiger partial charge in [0.25, 0.3) is 5.91 Å². The number of benzene rings is 1. The molecule has 6 nitrogen and oxygen atoms in total. The third-order valence-corrected chi connectivity index (χ3v) is 5.65. The molecule has 23 heavy (non-hydrogen) atoms. The third kappa shape index (κ3) is 4.67. The molecule has 1 aliphatic rings. The lowest BCUT2D eigenvalue weighted by Crippen LogP contribution is -2.40. The van der Waals surface area contributed by atoms with Crippen molar-refractivity contribution in [3.05, 3.63) is 27.7 Å². The van der Waals surface area contributed by atoms with Crippen molar-refractivity contribution >= 4 is 44.3 Å². The Hall–Kier alpha value is -0.670. The van der Waals surface area contributed by atoms with E-state index in [4.69, 9.17) is 10.9 Å². The van der Waals surface area contributed by atoms with Crippen LogP contribution in [-0.4, -0.2) is 26.9 Å². The van der Waals surface area contributed by atoms with E-state index in [-0.39, 0.29) is 35.2 Å². The van der Waals surface area contributed by atoms with Crippen molar-refractivity contribution < 1.29 is 13.2 Å². The number of amides is 1. The van der Waals surface area contributed by atoms with E-state index in [1.165, 1.54) is 6.07 Å². The number of nitrogens with one attached hydrogen (secondary N) is 1. The fraction of sp³-hybridized carbons (Fsp3) is 0.500. The molecule has 5 N–H and O–H groups in total. The van der Waals surface area contributed by atoms with Gasteiger partial charge in [0, 0.05) is 16.1 Å². The molecule has 2 rings (SSSR count). The lowest BCUT2D eigenvalue weighted by atomic mass is 10.0. The van der Waals surface area contributed by atoms with Crippen LogP contribution in [0.4, 0.5) is 0 Å². The maximum absolute atomic E-state index is 12.5. The van der Waals surface area contributed by atoms with Gasteiger partial charge in [0.2, 0.25) is 10.0 Å². The molecule has 0 bridgehead atoms. The number of carbonyl (C=O) groups excluding carboxylic acids is 1. The first-order valence-corrected chi connectivity index (χ1v) is 9.42. The SMILES string of the molecule is Cc1c(C(=O)NC2CCCC2CN)cc(Br)cc1S(N)(=O)=O.Cl. The predicted molar refractivity (Wildman–Crippen MR) is 95.1 cm³/mol. The summed E-state index contributed by atoms with van der Waals surface area (Å²) in [7, 11) is -3.88. The predicted octanol–water partition coefficient (Wildman–Crippen LogP) is 1.68. The molecule has 0 spiro atoms. The summed E-state index contributed by atoms with van der Waals surface area (Å²) in [5, 5.41) is 8.17. The highest BCUT2D eigenvalue weighted by molar-refractivity contribution is 9.10. The van der Waals surface area contributed by atoms with Gasteiger partial charge in [0.15, 0.2) is 0 Å². The number of carbonyl (C=O) groups is 1. The summed E-state index contributed by atoms with van der Waals surface area (Å²) >= 11 is 3.23. The van der Waals surface area contributed by atoms with Gasteiger partial charge in [-0.2, -0.15) is 0 Å². The van der Waals surface area contributed by atoms with Crippen LogP contribution < -0.4 is 16.2 Å². The first-order valence-electron chi connectivity index (χ1n) is 7.08. The van der Waals surface area contributed by atoms with Crippen molar-refractivity contribution in [2.45, 2.75) is 37.1 Å². The first-order chi connectivity index (χ1) is 10.2. The summed E-state index contributed by atoms with van der Waals surface area (Å²) in [5.41, 5.74) is 6.38. The lowest BCUT2D eigenvalue weighted by Gasteiger charge is -2.20. The number of sulfonamides is 1. The van der Waals surface area contributed by atoms with Crippen LogP contribution in [0.1, 0.15) is 35.2 Å². The number of hydrogen-bond acceptors (Lipinski definition) is 4. The van der Waals surface area contributed by atoms with Crippen molar-refractivity contribution in [3.63, 3.8) is 0 Å². The Labute approximate surface area is 151 Å². The van der Waals surface area contributed by atoms with Crippen LogP contribution in [0, 0.1) is 12.8 Å². The summed E-state index contributed by atoms with van der Waals surface area (Å²) < 4.78 is 23.8. The van der Waals surface area contributed by atoms with E-state index in [0.717, 1.165) is 19.3 Å². The van der Waals surface area contributed by atoms with E-state index in [2.05, 4.69) is 21.2 Å². The molecule has 1 aliphatic carbocycles. The molecule has 1 fully saturated rings. The Morgan fingerprint density at radius 3 is 2.61 bits per heavy atom. The van der Waals surface area contributed by atoms with Gasteiger partial charge in [-0.15, -0.1) is 12.4 Å². The Balaban J connectivity index is 0.00000264. The van der Waals surface area contributed by atoms with Crippen LogP contribution in [0.25, 0.3) is 0 Å². The van der Waals surface area contributed by atoms with Gasteiger partial charge in [-0.3, -0.25) is 4.79 Å². The molecule has 1 aromatic carbocycles. The van der Waals surface area contributed by atoms with E-state index >= 15 is 0 Å². The van der Waals surface area contributed by atoms with Gasteiger partial charge < -0.3 is 11.1 Å². The van der Waals surface area contributed by atoms with Gasteiger partial charge in [-0.1, -0.05) is 22.4 Å². The molecule has 0 radical (unpaired) electrons. The molecule has 1 amide bonds. The fourth-order valence-corrected chi connectivity index (χ4v) is 4.38. The zero-order valence-electron chi connectivity index (χ0n) is 12.7. The van der Waals surface area contributed by atoms with Gasteiger partial charge >= 0.3 is 0 Å². The van der Waals surface area contributed by atoms with Crippen molar-refractivity contribution in [2.75, 3.05) is 6.54 Å². The van der Waals surface area contributed by atoms with Crippen molar-refractivity contribution in [1.29, 1.82) is 0 Å². The minimum absolute atomic E-state index is 0. The second-order valence-corrected chi connectivity index (χ2v) is 8.07. The summed E-state index contributed by atoms with van der Waals surface area (Å²) in [4.78, 5) is 12.5. The van der Waals surface area contributed by atoms with Crippen LogP contribution >= 0.6 is 28.3 Å². The number of hydrogen-bond donors (Lipinski definition) is 3. The quantitative estimate of drug-likeness (QED) is 0.679. The zero-order valence-corrected chi connectivity index (χ0v) is 15.9. The molecule has 1 aromatic rings. The van der Waals surface area contributed by atoms with Crippen LogP contribution in [0.2, 0.25) is 0 Å². The molecule has 0 aliphatic heterocycles.